The molecular formula is C20H29N5. The number of nitrogens with one attached hydrogen (secondary N) is 2. The molecule has 0 spiro atoms. The Morgan fingerprint density at radius 2 is 1.72 bits per heavy atom. The van der Waals surface area contributed by atoms with Crippen LogP contribution in [0.4, 0.5) is 23.0 Å². The molecule has 0 atom stereocenters. The summed E-state index contributed by atoms with van der Waals surface area (Å²) >= 11 is 0. The van der Waals surface area contributed by atoms with Gasteiger partial charge < -0.3 is 15.5 Å². The highest BCUT2D eigenvalue weighted by Gasteiger charge is 2.12. The van der Waals surface area contributed by atoms with Crippen molar-refractivity contribution < 1.29 is 0 Å². The Labute approximate surface area is 150 Å². The van der Waals surface area contributed by atoms with E-state index in [9.17, 15) is 0 Å². The van der Waals surface area contributed by atoms with E-state index < -0.39 is 0 Å². The van der Waals surface area contributed by atoms with Crippen LogP contribution < -0.4 is 15.5 Å². The third-order valence-electron chi connectivity index (χ3n) is 4.48. The van der Waals surface area contributed by atoms with E-state index >= 15 is 0 Å². The zero-order chi connectivity index (χ0) is 17.6. The Kier molecular flexibility index (Phi) is 5.74. The maximum absolute atomic E-state index is 4.50. The average molecular weight is 339 g/mol. The number of aryl methyl sites for hydroxylation is 1. The molecule has 1 aliphatic rings. The van der Waals surface area contributed by atoms with Crippen LogP contribution >= 0.6 is 0 Å². The molecule has 2 aromatic rings. The van der Waals surface area contributed by atoms with Gasteiger partial charge in [0.2, 0.25) is 0 Å². The SMILES string of the molecule is Cc1nc(NCCC(C)C)cc(Nc2ccc(N3CCCC3)cc2)n1. The summed E-state index contributed by atoms with van der Waals surface area (Å²) in [4.78, 5) is 11.4. The summed E-state index contributed by atoms with van der Waals surface area (Å²) < 4.78 is 0. The number of hydrogen-bond donors (Lipinski definition) is 2. The van der Waals surface area contributed by atoms with E-state index in [1.54, 1.807) is 0 Å². The molecule has 2 N–H and O–H groups in total. The van der Waals surface area contributed by atoms with Gasteiger partial charge >= 0.3 is 0 Å². The molecule has 0 unspecified atom stereocenters. The Morgan fingerprint density at radius 1 is 1.04 bits per heavy atom. The number of anilines is 4. The van der Waals surface area contributed by atoms with Crippen molar-refractivity contribution in [2.24, 2.45) is 5.92 Å². The summed E-state index contributed by atoms with van der Waals surface area (Å²) in [5, 5.41) is 6.78. The summed E-state index contributed by atoms with van der Waals surface area (Å²) in [7, 11) is 0. The molecule has 1 aromatic carbocycles. The van der Waals surface area contributed by atoms with Gasteiger partial charge in [-0.1, -0.05) is 13.8 Å². The first kappa shape index (κ1) is 17.5. The molecule has 0 aliphatic carbocycles. The van der Waals surface area contributed by atoms with Crippen LogP contribution in [-0.2, 0) is 0 Å². The van der Waals surface area contributed by atoms with E-state index in [-0.39, 0.29) is 0 Å². The van der Waals surface area contributed by atoms with Gasteiger partial charge in [0.15, 0.2) is 0 Å². The molecule has 134 valence electrons. The third kappa shape index (κ3) is 5.08. The highest BCUT2D eigenvalue weighted by Crippen LogP contribution is 2.24. The van der Waals surface area contributed by atoms with Crippen molar-refractivity contribution >= 4 is 23.0 Å². The van der Waals surface area contributed by atoms with Crippen molar-refractivity contribution in [2.75, 3.05) is 35.2 Å². The monoisotopic (exact) mass is 339 g/mol. The van der Waals surface area contributed by atoms with Crippen LogP contribution in [0.2, 0.25) is 0 Å². The molecule has 0 amide bonds. The Hall–Kier alpha value is -2.30. The molecule has 5 nitrogen and oxygen atoms in total. The summed E-state index contributed by atoms with van der Waals surface area (Å²) in [6, 6.07) is 10.6. The van der Waals surface area contributed by atoms with Crippen LogP contribution in [0.25, 0.3) is 0 Å². The van der Waals surface area contributed by atoms with Crippen LogP contribution in [0.15, 0.2) is 30.3 Å². The number of benzene rings is 1. The van der Waals surface area contributed by atoms with Gasteiger partial charge in [-0.05, 0) is 56.4 Å². The molecule has 1 saturated heterocycles. The van der Waals surface area contributed by atoms with E-state index in [0.29, 0.717) is 5.92 Å². The van der Waals surface area contributed by atoms with Crippen molar-refractivity contribution in [3.63, 3.8) is 0 Å². The number of hydrogen-bond acceptors (Lipinski definition) is 5. The fourth-order valence-corrected chi connectivity index (χ4v) is 3.09. The molecule has 5 heteroatoms. The normalized spacial score (nSPS) is 14.2. The van der Waals surface area contributed by atoms with Gasteiger partial charge in [-0.3, -0.25) is 0 Å². The molecule has 0 radical (unpaired) electrons. The lowest BCUT2D eigenvalue weighted by molar-refractivity contribution is 0.606. The maximum Gasteiger partial charge on any atom is 0.136 e. The summed E-state index contributed by atoms with van der Waals surface area (Å²) in [6.45, 7) is 9.65. The average Bonchev–Trinajstić information content (AvgIpc) is 3.09. The number of rotatable bonds is 7. The van der Waals surface area contributed by atoms with E-state index in [1.165, 1.54) is 31.6 Å². The summed E-state index contributed by atoms with van der Waals surface area (Å²) in [5.74, 6) is 3.16. The van der Waals surface area contributed by atoms with Crippen molar-refractivity contribution in [3.05, 3.63) is 36.2 Å². The molecule has 2 heterocycles. The third-order valence-corrected chi connectivity index (χ3v) is 4.48. The first-order valence-corrected chi connectivity index (χ1v) is 9.32. The first-order valence-electron chi connectivity index (χ1n) is 9.32. The van der Waals surface area contributed by atoms with Gasteiger partial charge in [0, 0.05) is 37.1 Å². The van der Waals surface area contributed by atoms with E-state index in [1.807, 2.05) is 13.0 Å². The Morgan fingerprint density at radius 3 is 2.40 bits per heavy atom. The van der Waals surface area contributed by atoms with Crippen LogP contribution in [-0.4, -0.2) is 29.6 Å². The van der Waals surface area contributed by atoms with Crippen LogP contribution in [0.5, 0.6) is 0 Å². The number of nitrogens with zero attached hydrogens (tertiary/aromatic N) is 3. The Balaban J connectivity index is 1.64. The molecule has 3 rings (SSSR count). The minimum absolute atomic E-state index is 0.683. The molecule has 0 bridgehead atoms. The van der Waals surface area contributed by atoms with Gasteiger partial charge in [0.1, 0.15) is 17.5 Å². The van der Waals surface area contributed by atoms with Gasteiger partial charge in [-0.15, -0.1) is 0 Å². The Bertz CT molecular complexity index is 675. The second-order valence-electron chi connectivity index (χ2n) is 7.16. The van der Waals surface area contributed by atoms with E-state index in [0.717, 1.165) is 36.1 Å². The minimum atomic E-state index is 0.683. The predicted octanol–water partition coefficient (Wildman–Crippen LogP) is 4.59. The zero-order valence-corrected chi connectivity index (χ0v) is 15.5. The molecule has 1 aliphatic heterocycles. The van der Waals surface area contributed by atoms with Crippen LogP contribution in [0.3, 0.4) is 0 Å². The van der Waals surface area contributed by atoms with Crippen molar-refractivity contribution in [1.29, 1.82) is 0 Å². The van der Waals surface area contributed by atoms with Gasteiger partial charge in [0.25, 0.3) is 0 Å². The molecular weight excluding hydrogens is 310 g/mol. The molecule has 1 aromatic heterocycles. The molecule has 0 saturated carbocycles. The van der Waals surface area contributed by atoms with Crippen LogP contribution in [0, 0.1) is 12.8 Å². The summed E-state index contributed by atoms with van der Waals surface area (Å²) in [5.41, 5.74) is 2.35. The van der Waals surface area contributed by atoms with E-state index in [4.69, 9.17) is 0 Å². The standard InChI is InChI=1S/C20H29N5/c1-15(2)10-11-21-19-14-20(23-16(3)22-19)24-17-6-8-18(9-7-17)25-12-4-5-13-25/h6-9,14-15H,4-5,10-13H2,1-3H3,(H2,21,22,23,24). The lowest BCUT2D eigenvalue weighted by Gasteiger charge is -2.18. The first-order chi connectivity index (χ1) is 12.1. The zero-order valence-electron chi connectivity index (χ0n) is 15.5. The van der Waals surface area contributed by atoms with Gasteiger partial charge in [-0.25, -0.2) is 9.97 Å². The number of aromatic nitrogens is 2. The van der Waals surface area contributed by atoms with Crippen molar-refractivity contribution in [3.8, 4) is 0 Å². The second-order valence-corrected chi connectivity index (χ2v) is 7.16. The van der Waals surface area contributed by atoms with Crippen molar-refractivity contribution in [2.45, 2.75) is 40.0 Å². The van der Waals surface area contributed by atoms with E-state index in [2.05, 4.69) is 63.6 Å². The largest absolute Gasteiger partial charge is 0.372 e. The van der Waals surface area contributed by atoms with Crippen LogP contribution in [0.1, 0.15) is 38.9 Å². The van der Waals surface area contributed by atoms with Gasteiger partial charge in [-0.2, -0.15) is 0 Å². The quantitative estimate of drug-likeness (QED) is 0.773. The minimum Gasteiger partial charge on any atom is -0.372 e. The predicted molar refractivity (Wildman–Crippen MR) is 106 cm³/mol. The highest BCUT2D eigenvalue weighted by molar-refractivity contribution is 5.62. The fraction of sp³-hybridized carbons (Fsp3) is 0.500. The van der Waals surface area contributed by atoms with Gasteiger partial charge in [0.05, 0.1) is 0 Å². The highest BCUT2D eigenvalue weighted by atomic mass is 15.1. The molecule has 1 fully saturated rings. The fourth-order valence-electron chi connectivity index (χ4n) is 3.09. The molecule has 25 heavy (non-hydrogen) atoms. The topological polar surface area (TPSA) is 53.1 Å². The lowest BCUT2D eigenvalue weighted by atomic mass is 10.1. The maximum atomic E-state index is 4.50. The smallest absolute Gasteiger partial charge is 0.136 e. The summed E-state index contributed by atoms with van der Waals surface area (Å²) in [6.07, 6.45) is 3.73. The second kappa shape index (κ2) is 8.19. The lowest BCUT2D eigenvalue weighted by Crippen LogP contribution is -2.17. The van der Waals surface area contributed by atoms with Crippen molar-refractivity contribution in [1.82, 2.24) is 9.97 Å².